The van der Waals surface area contributed by atoms with E-state index in [0.29, 0.717) is 0 Å². The van der Waals surface area contributed by atoms with Crippen molar-refractivity contribution < 1.29 is 0 Å². The number of H-pyrrole nitrogens is 2. The van der Waals surface area contributed by atoms with Gasteiger partial charge in [0.05, 0.1) is 23.6 Å². The van der Waals surface area contributed by atoms with Crippen LogP contribution in [0.2, 0.25) is 0 Å². The van der Waals surface area contributed by atoms with E-state index in [4.69, 9.17) is 4.98 Å². The summed E-state index contributed by atoms with van der Waals surface area (Å²) >= 11 is 0. The Morgan fingerprint density at radius 2 is 1.68 bits per heavy atom. The molecule has 2 aliphatic heterocycles. The molecule has 8 heteroatoms. The number of nitrogens with zero attached hydrogens (tertiary/aromatic N) is 6. The molecule has 2 saturated heterocycles. The maximum atomic E-state index is 5.08. The fourth-order valence-corrected chi connectivity index (χ4v) is 5.75. The van der Waals surface area contributed by atoms with Gasteiger partial charge in [0.25, 0.3) is 0 Å². The third-order valence-corrected chi connectivity index (χ3v) is 7.89. The summed E-state index contributed by atoms with van der Waals surface area (Å²) in [7, 11) is 2.17. The number of anilines is 1. The van der Waals surface area contributed by atoms with Crippen molar-refractivity contribution in [1.82, 2.24) is 34.7 Å². The van der Waals surface area contributed by atoms with Crippen LogP contribution in [0, 0.1) is 0 Å². The van der Waals surface area contributed by atoms with Crippen molar-refractivity contribution in [2.45, 2.75) is 19.4 Å². The van der Waals surface area contributed by atoms with E-state index in [2.05, 4.69) is 72.1 Å². The molecular formula is C29H32N8. The van der Waals surface area contributed by atoms with E-state index in [0.717, 1.165) is 77.3 Å². The SMILES string of the molecule is CN1CCN(c2cncc3[nH]c(-c4c[nH]c5ccc(-c6cncc(CN7CCCC7)c6)cc45)nc23)CC1. The molecule has 7 rings (SSSR count). The predicted octanol–water partition coefficient (Wildman–Crippen LogP) is 4.52. The van der Waals surface area contributed by atoms with Crippen LogP contribution in [0.15, 0.2) is 55.2 Å². The first-order valence-electron chi connectivity index (χ1n) is 13.3. The highest BCUT2D eigenvalue weighted by Crippen LogP contribution is 2.34. The molecule has 0 radical (unpaired) electrons. The van der Waals surface area contributed by atoms with Crippen LogP contribution in [0.25, 0.3) is 44.5 Å². The molecule has 2 aliphatic rings. The van der Waals surface area contributed by atoms with Crippen LogP contribution < -0.4 is 4.90 Å². The second-order valence-electron chi connectivity index (χ2n) is 10.5. The van der Waals surface area contributed by atoms with Gasteiger partial charge in [-0.3, -0.25) is 14.9 Å². The molecule has 0 spiro atoms. The van der Waals surface area contributed by atoms with Crippen LogP contribution in [0.1, 0.15) is 18.4 Å². The lowest BCUT2D eigenvalue weighted by Crippen LogP contribution is -2.44. The average molecular weight is 493 g/mol. The number of fused-ring (bicyclic) bond motifs is 2. The summed E-state index contributed by atoms with van der Waals surface area (Å²) in [5.74, 6) is 0.864. The number of piperazine rings is 1. The fourth-order valence-electron chi connectivity index (χ4n) is 5.75. The topological polar surface area (TPSA) is 80.0 Å². The number of aromatic nitrogens is 5. The smallest absolute Gasteiger partial charge is 0.140 e. The largest absolute Gasteiger partial charge is 0.366 e. The van der Waals surface area contributed by atoms with Crippen molar-refractivity contribution in [2.24, 2.45) is 0 Å². The molecule has 0 bridgehead atoms. The van der Waals surface area contributed by atoms with E-state index < -0.39 is 0 Å². The molecule has 0 aliphatic carbocycles. The second kappa shape index (κ2) is 9.28. The number of hydrogen-bond donors (Lipinski definition) is 2. The van der Waals surface area contributed by atoms with Crippen LogP contribution >= 0.6 is 0 Å². The minimum atomic E-state index is 0.864. The molecule has 6 heterocycles. The summed E-state index contributed by atoms with van der Waals surface area (Å²) in [6.07, 6.45) is 12.5. The molecule has 0 unspecified atom stereocenters. The number of likely N-dealkylation sites (N-methyl/N-ethyl adjacent to an activating group) is 1. The van der Waals surface area contributed by atoms with E-state index in [1.165, 1.54) is 37.1 Å². The Labute approximate surface area is 216 Å². The Bertz CT molecular complexity index is 1550. The Morgan fingerprint density at radius 3 is 2.54 bits per heavy atom. The summed E-state index contributed by atoms with van der Waals surface area (Å²) < 4.78 is 0. The van der Waals surface area contributed by atoms with Gasteiger partial charge in [-0.15, -0.1) is 0 Å². The van der Waals surface area contributed by atoms with E-state index in [1.54, 1.807) is 0 Å². The number of nitrogens with one attached hydrogen (secondary N) is 2. The zero-order valence-electron chi connectivity index (χ0n) is 21.2. The van der Waals surface area contributed by atoms with Gasteiger partial charge in [-0.25, -0.2) is 4.98 Å². The van der Waals surface area contributed by atoms with E-state index in [1.807, 2.05) is 24.8 Å². The summed E-state index contributed by atoms with van der Waals surface area (Å²) in [5.41, 5.74) is 8.81. The van der Waals surface area contributed by atoms with Crippen LogP contribution in [0.5, 0.6) is 0 Å². The minimum Gasteiger partial charge on any atom is -0.366 e. The monoisotopic (exact) mass is 492 g/mol. The van der Waals surface area contributed by atoms with Crippen molar-refractivity contribution in [2.75, 3.05) is 51.2 Å². The summed E-state index contributed by atoms with van der Waals surface area (Å²) in [5, 5.41) is 1.15. The Hall–Kier alpha value is -3.75. The van der Waals surface area contributed by atoms with Gasteiger partial charge >= 0.3 is 0 Å². The third kappa shape index (κ3) is 4.26. The van der Waals surface area contributed by atoms with Crippen LogP contribution in [0.4, 0.5) is 5.69 Å². The minimum absolute atomic E-state index is 0.864. The van der Waals surface area contributed by atoms with Gasteiger partial charge in [0.2, 0.25) is 0 Å². The summed E-state index contributed by atoms with van der Waals surface area (Å²) in [6, 6.07) is 8.87. The molecule has 5 aromatic rings. The lowest BCUT2D eigenvalue weighted by Gasteiger charge is -2.33. The molecule has 37 heavy (non-hydrogen) atoms. The van der Waals surface area contributed by atoms with E-state index in [9.17, 15) is 0 Å². The molecule has 188 valence electrons. The number of imidazole rings is 1. The van der Waals surface area contributed by atoms with Gasteiger partial charge < -0.3 is 19.8 Å². The number of rotatable bonds is 5. The Morgan fingerprint density at radius 1 is 0.838 bits per heavy atom. The predicted molar refractivity (Wildman–Crippen MR) is 149 cm³/mol. The van der Waals surface area contributed by atoms with Gasteiger partial charge in [-0.2, -0.15) is 0 Å². The highest BCUT2D eigenvalue weighted by Gasteiger charge is 2.20. The molecule has 2 fully saturated rings. The van der Waals surface area contributed by atoms with E-state index in [-0.39, 0.29) is 0 Å². The molecule has 8 nitrogen and oxygen atoms in total. The van der Waals surface area contributed by atoms with Crippen molar-refractivity contribution in [3.05, 3.63) is 60.8 Å². The molecule has 2 N–H and O–H groups in total. The lowest BCUT2D eigenvalue weighted by atomic mass is 10.0. The van der Waals surface area contributed by atoms with Crippen LogP contribution in [-0.4, -0.2) is 81.0 Å². The second-order valence-corrected chi connectivity index (χ2v) is 10.5. The molecular weight excluding hydrogens is 460 g/mol. The van der Waals surface area contributed by atoms with Crippen LogP contribution in [0.3, 0.4) is 0 Å². The molecule has 0 saturated carbocycles. The highest BCUT2D eigenvalue weighted by molar-refractivity contribution is 5.99. The van der Waals surface area contributed by atoms with Crippen LogP contribution in [-0.2, 0) is 6.54 Å². The van der Waals surface area contributed by atoms with Gasteiger partial charge in [0, 0.05) is 73.3 Å². The Kier molecular flexibility index (Phi) is 5.63. The maximum Gasteiger partial charge on any atom is 0.140 e. The summed E-state index contributed by atoms with van der Waals surface area (Å²) in [6.45, 7) is 7.42. The van der Waals surface area contributed by atoms with Crippen molar-refractivity contribution in [3.8, 4) is 22.5 Å². The summed E-state index contributed by atoms with van der Waals surface area (Å²) in [4.78, 5) is 28.4. The zero-order valence-corrected chi connectivity index (χ0v) is 21.2. The van der Waals surface area contributed by atoms with Crippen molar-refractivity contribution >= 4 is 27.6 Å². The van der Waals surface area contributed by atoms with Crippen molar-refractivity contribution in [3.63, 3.8) is 0 Å². The standard InChI is InChI=1S/C29H32N8/c1-35-8-10-37(11-9-35)27-18-31-17-26-28(27)34-29(33-26)24-16-32-25-5-4-21(13-23(24)25)22-12-20(14-30-15-22)19-36-6-2-3-7-36/h4-5,12-18,32H,2-3,6-11,19H2,1H3,(H,33,34). The molecule has 0 atom stereocenters. The van der Waals surface area contributed by atoms with Gasteiger partial charge in [0.1, 0.15) is 11.3 Å². The number of aromatic amines is 2. The van der Waals surface area contributed by atoms with E-state index >= 15 is 0 Å². The first-order chi connectivity index (χ1) is 18.2. The molecule has 1 aromatic carbocycles. The fraction of sp³-hybridized carbons (Fsp3) is 0.345. The first-order valence-corrected chi connectivity index (χ1v) is 13.3. The number of benzene rings is 1. The highest BCUT2D eigenvalue weighted by atomic mass is 15.3. The number of pyridine rings is 2. The molecule has 4 aromatic heterocycles. The zero-order chi connectivity index (χ0) is 24.8. The quantitative estimate of drug-likeness (QED) is 0.376. The van der Waals surface area contributed by atoms with Crippen molar-refractivity contribution in [1.29, 1.82) is 0 Å². The van der Waals surface area contributed by atoms with Gasteiger partial charge in [-0.1, -0.05) is 6.07 Å². The van der Waals surface area contributed by atoms with Gasteiger partial charge in [0.15, 0.2) is 0 Å². The van der Waals surface area contributed by atoms with Gasteiger partial charge in [-0.05, 0) is 62.3 Å². The number of likely N-dealkylation sites (tertiary alicyclic amines) is 1. The lowest BCUT2D eigenvalue weighted by molar-refractivity contribution is 0.313. The normalized spacial score (nSPS) is 17.4. The Balaban J connectivity index is 1.24. The average Bonchev–Trinajstić information content (AvgIpc) is 3.68. The third-order valence-electron chi connectivity index (χ3n) is 7.89. The first kappa shape index (κ1) is 22.4. The number of hydrogen-bond acceptors (Lipinski definition) is 6. The maximum absolute atomic E-state index is 5.08. The molecule has 0 amide bonds.